The van der Waals surface area contributed by atoms with Crippen LogP contribution in [-0.2, 0) is 24.1 Å². The van der Waals surface area contributed by atoms with Crippen molar-refractivity contribution in [1.29, 1.82) is 0 Å². The molecule has 11 heteroatoms. The standard InChI is InChI=1S/C26H31F3N4O3S/c27-26(28,29)15-36-25-31-20-9-12-33(13-10-21(20)37-25)11-8-16-4-6-18(7-5-16)30-24(35)19-3-1-2-17-14-22(34)32-23(17)19/h1-3,16,18H,4-15H2,(H,30,35)(H,32,34). The quantitative estimate of drug-likeness (QED) is 0.550. The second-order valence-electron chi connectivity index (χ2n) is 10.1. The van der Waals surface area contributed by atoms with E-state index in [0.29, 0.717) is 23.6 Å². The summed E-state index contributed by atoms with van der Waals surface area (Å²) in [7, 11) is 0. The molecule has 3 heterocycles. The van der Waals surface area contributed by atoms with E-state index >= 15 is 0 Å². The zero-order valence-corrected chi connectivity index (χ0v) is 21.3. The summed E-state index contributed by atoms with van der Waals surface area (Å²) < 4.78 is 42.0. The van der Waals surface area contributed by atoms with Gasteiger partial charge in [-0.25, -0.2) is 4.98 Å². The number of rotatable bonds is 7. The first-order valence-corrected chi connectivity index (χ1v) is 13.7. The predicted octanol–water partition coefficient (Wildman–Crippen LogP) is 4.36. The van der Waals surface area contributed by atoms with E-state index in [-0.39, 0.29) is 23.0 Å². The van der Waals surface area contributed by atoms with E-state index < -0.39 is 12.8 Å². The predicted molar refractivity (Wildman–Crippen MR) is 134 cm³/mol. The maximum atomic E-state index is 12.9. The number of carbonyl (C=O) groups excluding carboxylic acids is 2. The lowest BCUT2D eigenvalue weighted by atomic mass is 9.84. The number of halogens is 3. The van der Waals surface area contributed by atoms with Crippen LogP contribution >= 0.6 is 11.3 Å². The van der Waals surface area contributed by atoms with Crippen molar-refractivity contribution in [2.75, 3.05) is 31.6 Å². The highest BCUT2D eigenvalue weighted by Crippen LogP contribution is 2.32. The molecule has 0 unspecified atom stereocenters. The summed E-state index contributed by atoms with van der Waals surface area (Å²) >= 11 is 1.23. The molecule has 5 rings (SSSR count). The molecule has 0 atom stereocenters. The number of hydrogen-bond acceptors (Lipinski definition) is 6. The summed E-state index contributed by atoms with van der Waals surface area (Å²) in [5, 5.41) is 6.08. The number of ether oxygens (including phenoxy) is 1. The molecule has 2 aromatic rings. The lowest BCUT2D eigenvalue weighted by molar-refractivity contribution is -0.153. The second kappa shape index (κ2) is 11.0. The zero-order chi connectivity index (χ0) is 26.0. The number of benzene rings is 1. The zero-order valence-electron chi connectivity index (χ0n) is 20.5. The molecule has 200 valence electrons. The Morgan fingerprint density at radius 2 is 1.97 bits per heavy atom. The minimum Gasteiger partial charge on any atom is -0.460 e. The first-order chi connectivity index (χ1) is 17.7. The van der Waals surface area contributed by atoms with Gasteiger partial charge in [-0.2, -0.15) is 13.2 Å². The number of aromatic nitrogens is 1. The number of para-hydroxylation sites is 1. The fourth-order valence-electron chi connectivity index (χ4n) is 5.48. The second-order valence-corrected chi connectivity index (χ2v) is 11.2. The summed E-state index contributed by atoms with van der Waals surface area (Å²) in [6.07, 6.45) is 2.59. The van der Waals surface area contributed by atoms with Crippen LogP contribution in [0.25, 0.3) is 0 Å². The largest absolute Gasteiger partial charge is 0.460 e. The van der Waals surface area contributed by atoms with E-state index in [9.17, 15) is 22.8 Å². The third-order valence-corrected chi connectivity index (χ3v) is 8.55. The number of thiazole rings is 1. The molecular weight excluding hydrogens is 505 g/mol. The Morgan fingerprint density at radius 1 is 1.19 bits per heavy atom. The van der Waals surface area contributed by atoms with Crippen molar-refractivity contribution in [1.82, 2.24) is 15.2 Å². The minimum absolute atomic E-state index is 0.0771. The van der Waals surface area contributed by atoms with E-state index in [1.807, 2.05) is 12.1 Å². The van der Waals surface area contributed by atoms with Gasteiger partial charge in [-0.3, -0.25) is 9.59 Å². The van der Waals surface area contributed by atoms with Gasteiger partial charge in [0.15, 0.2) is 6.61 Å². The number of fused-ring (bicyclic) bond motifs is 2. The molecule has 2 aliphatic heterocycles. The molecule has 1 saturated carbocycles. The number of hydrogen-bond donors (Lipinski definition) is 2. The molecule has 7 nitrogen and oxygen atoms in total. The summed E-state index contributed by atoms with van der Waals surface area (Å²) in [4.78, 5) is 32.3. The van der Waals surface area contributed by atoms with Gasteiger partial charge in [0.1, 0.15) is 0 Å². The van der Waals surface area contributed by atoms with E-state index in [4.69, 9.17) is 4.74 Å². The number of amides is 2. The topological polar surface area (TPSA) is 83.6 Å². The highest BCUT2D eigenvalue weighted by Gasteiger charge is 2.30. The van der Waals surface area contributed by atoms with Crippen molar-refractivity contribution in [3.05, 3.63) is 39.9 Å². The van der Waals surface area contributed by atoms with Crippen LogP contribution in [0.5, 0.6) is 5.19 Å². The van der Waals surface area contributed by atoms with Crippen molar-refractivity contribution in [2.45, 2.75) is 63.6 Å². The molecule has 3 aliphatic rings. The number of alkyl halides is 3. The minimum atomic E-state index is -4.36. The van der Waals surface area contributed by atoms with Crippen LogP contribution in [0.1, 0.15) is 58.6 Å². The van der Waals surface area contributed by atoms with E-state index in [0.717, 1.165) is 80.7 Å². The Morgan fingerprint density at radius 3 is 2.76 bits per heavy atom. The Labute approximate surface area is 217 Å². The molecule has 37 heavy (non-hydrogen) atoms. The molecule has 2 amide bonds. The highest BCUT2D eigenvalue weighted by molar-refractivity contribution is 7.13. The van der Waals surface area contributed by atoms with Crippen LogP contribution < -0.4 is 15.4 Å². The molecule has 0 bridgehead atoms. The Kier molecular flexibility index (Phi) is 7.71. The number of anilines is 1. The van der Waals surface area contributed by atoms with Crippen LogP contribution in [0.3, 0.4) is 0 Å². The maximum Gasteiger partial charge on any atom is 0.422 e. The van der Waals surface area contributed by atoms with Gasteiger partial charge in [-0.15, -0.1) is 0 Å². The van der Waals surface area contributed by atoms with Crippen molar-refractivity contribution in [2.24, 2.45) is 5.92 Å². The van der Waals surface area contributed by atoms with Gasteiger partial charge < -0.3 is 20.3 Å². The molecule has 0 spiro atoms. The van der Waals surface area contributed by atoms with Crippen molar-refractivity contribution < 1.29 is 27.5 Å². The molecule has 1 aliphatic carbocycles. The fraction of sp³-hybridized carbons (Fsp3) is 0.577. The van der Waals surface area contributed by atoms with Crippen LogP contribution in [0.15, 0.2) is 18.2 Å². The van der Waals surface area contributed by atoms with Crippen LogP contribution in [-0.4, -0.2) is 60.2 Å². The van der Waals surface area contributed by atoms with E-state index in [1.165, 1.54) is 11.3 Å². The smallest absolute Gasteiger partial charge is 0.422 e. The average Bonchev–Trinajstić information content (AvgIpc) is 3.39. The third kappa shape index (κ3) is 6.62. The molecule has 0 radical (unpaired) electrons. The Balaban J connectivity index is 1.03. The van der Waals surface area contributed by atoms with Gasteiger partial charge in [0.05, 0.1) is 23.4 Å². The Bertz CT molecular complexity index is 1120. The fourth-order valence-corrected chi connectivity index (χ4v) is 6.42. The molecule has 2 N–H and O–H groups in total. The molecule has 0 saturated heterocycles. The maximum absolute atomic E-state index is 12.9. The lowest BCUT2D eigenvalue weighted by Gasteiger charge is -2.31. The third-order valence-electron chi connectivity index (χ3n) is 7.48. The first kappa shape index (κ1) is 26.0. The van der Waals surface area contributed by atoms with Gasteiger partial charge in [-0.05, 0) is 62.6 Å². The van der Waals surface area contributed by atoms with Gasteiger partial charge in [-0.1, -0.05) is 23.5 Å². The molecule has 1 aromatic heterocycles. The summed E-state index contributed by atoms with van der Waals surface area (Å²) in [5.74, 6) is 0.415. The molecule has 1 aromatic carbocycles. The SMILES string of the molecule is O=C1Cc2cccc(C(=O)NC3CCC(CCN4CCc5nc(OCC(F)(F)F)sc5CC4)CC3)c2N1. The van der Waals surface area contributed by atoms with Gasteiger partial charge in [0.2, 0.25) is 5.91 Å². The number of carbonyl (C=O) groups is 2. The van der Waals surface area contributed by atoms with Crippen molar-refractivity contribution >= 4 is 28.8 Å². The van der Waals surface area contributed by atoms with Crippen LogP contribution in [0.4, 0.5) is 18.9 Å². The normalized spacial score (nSPS) is 22.1. The van der Waals surface area contributed by atoms with Crippen LogP contribution in [0.2, 0.25) is 0 Å². The van der Waals surface area contributed by atoms with Gasteiger partial charge in [0.25, 0.3) is 11.1 Å². The summed E-state index contributed by atoms with van der Waals surface area (Å²) in [6.45, 7) is 1.41. The first-order valence-electron chi connectivity index (χ1n) is 12.9. The summed E-state index contributed by atoms with van der Waals surface area (Å²) in [5.41, 5.74) is 2.92. The summed E-state index contributed by atoms with van der Waals surface area (Å²) in [6, 6.07) is 5.60. The van der Waals surface area contributed by atoms with Crippen molar-refractivity contribution in [3.63, 3.8) is 0 Å². The van der Waals surface area contributed by atoms with Gasteiger partial charge in [0, 0.05) is 30.4 Å². The molecule has 1 fully saturated rings. The monoisotopic (exact) mass is 536 g/mol. The average molecular weight is 537 g/mol. The van der Waals surface area contributed by atoms with Crippen molar-refractivity contribution in [3.8, 4) is 5.19 Å². The Hall–Kier alpha value is -2.66. The number of nitrogens with zero attached hydrogens (tertiary/aromatic N) is 2. The lowest BCUT2D eigenvalue weighted by Crippen LogP contribution is -2.38. The number of nitrogens with one attached hydrogen (secondary N) is 2. The van der Waals surface area contributed by atoms with Gasteiger partial charge >= 0.3 is 6.18 Å². The van der Waals surface area contributed by atoms with Crippen LogP contribution in [0, 0.1) is 5.92 Å². The molecular formula is C26H31F3N4O3S. The highest BCUT2D eigenvalue weighted by atomic mass is 32.1. The van der Waals surface area contributed by atoms with E-state index in [2.05, 4.69) is 20.5 Å². The van der Waals surface area contributed by atoms with E-state index in [1.54, 1.807) is 6.07 Å².